The van der Waals surface area contributed by atoms with Gasteiger partial charge >= 0.3 is 0 Å². The maximum atomic E-state index is 9.15. The van der Waals surface area contributed by atoms with Crippen molar-refractivity contribution < 1.29 is 5.11 Å². The first-order valence-electron chi connectivity index (χ1n) is 5.99. The molecule has 1 N–H and O–H groups in total. The third-order valence-corrected chi connectivity index (χ3v) is 4.18. The fourth-order valence-electron chi connectivity index (χ4n) is 1.80. The second-order valence-corrected chi connectivity index (χ2v) is 5.50. The molecular formula is C13H23NOS. The van der Waals surface area contributed by atoms with Crippen LogP contribution in [0.3, 0.4) is 0 Å². The summed E-state index contributed by atoms with van der Waals surface area (Å²) in [6.45, 7) is 6.70. The van der Waals surface area contributed by atoms with Crippen LogP contribution in [0.1, 0.15) is 23.8 Å². The van der Waals surface area contributed by atoms with E-state index in [4.69, 9.17) is 5.11 Å². The minimum atomic E-state index is 0.304. The zero-order valence-electron chi connectivity index (χ0n) is 10.6. The number of aryl methyl sites for hydroxylation is 1. The van der Waals surface area contributed by atoms with Crippen LogP contribution in [0.5, 0.6) is 0 Å². The van der Waals surface area contributed by atoms with E-state index in [2.05, 4.69) is 37.2 Å². The van der Waals surface area contributed by atoms with Crippen LogP contribution < -0.4 is 0 Å². The van der Waals surface area contributed by atoms with Gasteiger partial charge in [-0.3, -0.25) is 0 Å². The van der Waals surface area contributed by atoms with E-state index in [-0.39, 0.29) is 0 Å². The molecule has 92 valence electrons. The van der Waals surface area contributed by atoms with E-state index < -0.39 is 0 Å². The lowest BCUT2D eigenvalue weighted by Crippen LogP contribution is -2.29. The van der Waals surface area contributed by atoms with Gasteiger partial charge in [0, 0.05) is 24.6 Å². The molecule has 0 bridgehead atoms. The summed E-state index contributed by atoms with van der Waals surface area (Å²) < 4.78 is 0. The van der Waals surface area contributed by atoms with Gasteiger partial charge in [0.2, 0.25) is 0 Å². The Balaban J connectivity index is 2.30. The summed E-state index contributed by atoms with van der Waals surface area (Å²) in [7, 11) is 2.14. The monoisotopic (exact) mass is 241 g/mol. The number of aliphatic hydroxyl groups excluding tert-OH is 1. The van der Waals surface area contributed by atoms with E-state index in [0.717, 1.165) is 25.9 Å². The van der Waals surface area contributed by atoms with Crippen molar-refractivity contribution in [2.24, 2.45) is 5.92 Å². The Kier molecular flexibility index (Phi) is 6.03. The molecule has 0 aromatic carbocycles. The Morgan fingerprint density at radius 1 is 1.50 bits per heavy atom. The van der Waals surface area contributed by atoms with Gasteiger partial charge in [-0.1, -0.05) is 6.92 Å². The van der Waals surface area contributed by atoms with Crippen molar-refractivity contribution in [2.45, 2.75) is 26.7 Å². The largest absolute Gasteiger partial charge is 0.396 e. The summed E-state index contributed by atoms with van der Waals surface area (Å²) in [6, 6.07) is 2.18. The maximum absolute atomic E-state index is 9.15. The standard InChI is InChI=1S/C13H23NOS/c1-4-12(10-15)9-14(3)7-5-13-11(2)6-8-16-13/h6,8,12,15H,4-5,7,9-10H2,1-3H3. The molecular weight excluding hydrogens is 218 g/mol. The molecule has 16 heavy (non-hydrogen) atoms. The van der Waals surface area contributed by atoms with Crippen molar-refractivity contribution in [1.29, 1.82) is 0 Å². The lowest BCUT2D eigenvalue weighted by Gasteiger charge is -2.21. The Morgan fingerprint density at radius 2 is 2.25 bits per heavy atom. The summed E-state index contributed by atoms with van der Waals surface area (Å²) in [6.07, 6.45) is 2.18. The molecule has 0 amide bonds. The number of hydrogen-bond donors (Lipinski definition) is 1. The molecule has 0 spiro atoms. The summed E-state index contributed by atoms with van der Waals surface area (Å²) >= 11 is 1.85. The predicted molar refractivity (Wildman–Crippen MR) is 71.1 cm³/mol. The van der Waals surface area contributed by atoms with Crippen LogP contribution in [0.25, 0.3) is 0 Å². The molecule has 1 aromatic heterocycles. The van der Waals surface area contributed by atoms with Crippen molar-refractivity contribution in [2.75, 3.05) is 26.7 Å². The van der Waals surface area contributed by atoms with Crippen LogP contribution in [0.2, 0.25) is 0 Å². The Bertz CT molecular complexity index is 294. The van der Waals surface area contributed by atoms with E-state index in [0.29, 0.717) is 12.5 Å². The van der Waals surface area contributed by atoms with Gasteiger partial charge in [-0.15, -0.1) is 11.3 Å². The molecule has 2 nitrogen and oxygen atoms in total. The topological polar surface area (TPSA) is 23.5 Å². The van der Waals surface area contributed by atoms with Gasteiger partial charge in [0.25, 0.3) is 0 Å². The number of likely N-dealkylation sites (N-methyl/N-ethyl adjacent to an activating group) is 1. The van der Waals surface area contributed by atoms with Crippen LogP contribution >= 0.6 is 11.3 Å². The van der Waals surface area contributed by atoms with Crippen LogP contribution in [0.15, 0.2) is 11.4 Å². The van der Waals surface area contributed by atoms with Crippen molar-refractivity contribution >= 4 is 11.3 Å². The van der Waals surface area contributed by atoms with Crippen molar-refractivity contribution in [3.05, 3.63) is 21.9 Å². The molecule has 1 atom stereocenters. The van der Waals surface area contributed by atoms with Crippen LogP contribution in [0.4, 0.5) is 0 Å². The Morgan fingerprint density at radius 3 is 2.75 bits per heavy atom. The highest BCUT2D eigenvalue weighted by Gasteiger charge is 2.09. The number of hydrogen-bond acceptors (Lipinski definition) is 3. The molecule has 0 aliphatic carbocycles. The van der Waals surface area contributed by atoms with E-state index in [1.54, 1.807) is 0 Å². The number of aliphatic hydroxyl groups is 1. The van der Waals surface area contributed by atoms with Gasteiger partial charge in [-0.25, -0.2) is 0 Å². The Hall–Kier alpha value is -0.380. The molecule has 0 fully saturated rings. The highest BCUT2D eigenvalue weighted by Crippen LogP contribution is 2.16. The highest BCUT2D eigenvalue weighted by atomic mass is 32.1. The number of thiophene rings is 1. The molecule has 1 unspecified atom stereocenters. The van der Waals surface area contributed by atoms with E-state index >= 15 is 0 Å². The fraction of sp³-hybridized carbons (Fsp3) is 0.692. The summed E-state index contributed by atoms with van der Waals surface area (Å²) in [5.74, 6) is 0.425. The molecule has 1 aromatic rings. The first kappa shape index (κ1) is 13.7. The molecule has 0 saturated heterocycles. The average molecular weight is 241 g/mol. The Labute approximate surface area is 103 Å². The van der Waals surface area contributed by atoms with Crippen LogP contribution in [-0.4, -0.2) is 36.8 Å². The third kappa shape index (κ3) is 4.24. The van der Waals surface area contributed by atoms with Gasteiger partial charge in [0.15, 0.2) is 0 Å². The molecule has 0 aliphatic heterocycles. The number of nitrogens with zero attached hydrogens (tertiary/aromatic N) is 1. The molecule has 1 heterocycles. The molecule has 3 heteroatoms. The van der Waals surface area contributed by atoms with E-state index in [1.807, 2.05) is 11.3 Å². The van der Waals surface area contributed by atoms with E-state index in [9.17, 15) is 0 Å². The highest BCUT2D eigenvalue weighted by molar-refractivity contribution is 7.10. The SMILES string of the molecule is CCC(CO)CN(C)CCc1sccc1C. The first-order chi connectivity index (χ1) is 7.67. The third-order valence-electron chi connectivity index (χ3n) is 3.09. The molecule has 0 saturated carbocycles. The second-order valence-electron chi connectivity index (χ2n) is 4.50. The van der Waals surface area contributed by atoms with Gasteiger partial charge in [0.1, 0.15) is 0 Å². The first-order valence-corrected chi connectivity index (χ1v) is 6.87. The quantitative estimate of drug-likeness (QED) is 0.793. The van der Waals surface area contributed by atoms with E-state index in [1.165, 1.54) is 10.4 Å². The average Bonchev–Trinajstić information content (AvgIpc) is 2.69. The fourth-order valence-corrected chi connectivity index (χ4v) is 2.70. The zero-order chi connectivity index (χ0) is 12.0. The molecule has 0 aliphatic rings. The van der Waals surface area contributed by atoms with Crippen molar-refractivity contribution in [3.8, 4) is 0 Å². The van der Waals surface area contributed by atoms with Gasteiger partial charge in [0.05, 0.1) is 0 Å². The molecule has 1 rings (SSSR count). The smallest absolute Gasteiger partial charge is 0.0471 e. The minimum Gasteiger partial charge on any atom is -0.396 e. The van der Waals surface area contributed by atoms with Crippen molar-refractivity contribution in [3.63, 3.8) is 0 Å². The van der Waals surface area contributed by atoms with Crippen LogP contribution in [-0.2, 0) is 6.42 Å². The van der Waals surface area contributed by atoms with Gasteiger partial charge in [-0.2, -0.15) is 0 Å². The lowest BCUT2D eigenvalue weighted by molar-refractivity contribution is 0.177. The maximum Gasteiger partial charge on any atom is 0.0471 e. The lowest BCUT2D eigenvalue weighted by atomic mass is 10.1. The zero-order valence-corrected chi connectivity index (χ0v) is 11.4. The second kappa shape index (κ2) is 7.05. The number of rotatable bonds is 7. The van der Waals surface area contributed by atoms with Gasteiger partial charge < -0.3 is 10.0 Å². The van der Waals surface area contributed by atoms with Crippen LogP contribution in [0, 0.1) is 12.8 Å². The van der Waals surface area contributed by atoms with Crippen molar-refractivity contribution in [1.82, 2.24) is 4.90 Å². The normalized spacial score (nSPS) is 13.3. The summed E-state index contributed by atoms with van der Waals surface area (Å²) in [4.78, 5) is 3.81. The summed E-state index contributed by atoms with van der Waals surface area (Å²) in [5, 5.41) is 11.3. The minimum absolute atomic E-state index is 0.304. The predicted octanol–water partition coefficient (Wildman–Crippen LogP) is 2.55. The molecule has 0 radical (unpaired) electrons. The van der Waals surface area contributed by atoms with Gasteiger partial charge in [-0.05, 0) is 49.7 Å². The summed E-state index contributed by atoms with van der Waals surface area (Å²) in [5.41, 5.74) is 1.41.